The van der Waals surface area contributed by atoms with Crippen LogP contribution < -0.4 is 5.32 Å². The van der Waals surface area contributed by atoms with E-state index in [1.165, 1.54) is 0 Å². The third-order valence-corrected chi connectivity index (χ3v) is 2.92. The maximum atomic E-state index is 9.78. The predicted octanol–water partition coefficient (Wildman–Crippen LogP) is 2.56. The SMILES string of the molecule is CC(C)(C)NCCC(O)c1cccs1. The molecule has 0 bridgehead atoms. The summed E-state index contributed by atoms with van der Waals surface area (Å²) < 4.78 is 0. The standard InChI is InChI=1S/C11H19NOS/c1-11(2,3)12-7-6-9(13)10-5-4-8-14-10/h4-5,8-9,12-13H,6-7H2,1-3H3. The predicted molar refractivity (Wildman–Crippen MR) is 61.7 cm³/mol. The molecule has 0 aliphatic carbocycles. The van der Waals surface area contributed by atoms with Gasteiger partial charge in [0.25, 0.3) is 0 Å². The number of aliphatic hydroxyl groups excluding tert-OH is 1. The van der Waals surface area contributed by atoms with Crippen LogP contribution in [0.4, 0.5) is 0 Å². The van der Waals surface area contributed by atoms with Gasteiger partial charge >= 0.3 is 0 Å². The van der Waals surface area contributed by atoms with E-state index < -0.39 is 0 Å². The Balaban J connectivity index is 2.26. The van der Waals surface area contributed by atoms with Gasteiger partial charge in [-0.3, -0.25) is 0 Å². The number of hydrogen-bond acceptors (Lipinski definition) is 3. The second kappa shape index (κ2) is 4.91. The molecule has 1 unspecified atom stereocenters. The molecule has 2 N–H and O–H groups in total. The minimum atomic E-state index is -0.315. The molecule has 0 amide bonds. The molecule has 1 rings (SSSR count). The summed E-state index contributed by atoms with van der Waals surface area (Å²) in [5.74, 6) is 0. The molecule has 0 radical (unpaired) electrons. The molecule has 1 aromatic heterocycles. The van der Waals surface area contributed by atoms with E-state index in [9.17, 15) is 5.11 Å². The van der Waals surface area contributed by atoms with E-state index in [4.69, 9.17) is 0 Å². The molecule has 1 aromatic rings. The van der Waals surface area contributed by atoms with Gasteiger partial charge in [0.2, 0.25) is 0 Å². The lowest BCUT2D eigenvalue weighted by Crippen LogP contribution is -2.36. The fourth-order valence-corrected chi connectivity index (χ4v) is 1.95. The Hall–Kier alpha value is -0.380. The van der Waals surface area contributed by atoms with Crippen LogP contribution in [0.3, 0.4) is 0 Å². The summed E-state index contributed by atoms with van der Waals surface area (Å²) in [4.78, 5) is 1.06. The summed E-state index contributed by atoms with van der Waals surface area (Å²) in [6.07, 6.45) is 0.461. The lowest BCUT2D eigenvalue weighted by molar-refractivity contribution is 0.167. The van der Waals surface area contributed by atoms with Gasteiger partial charge in [0.1, 0.15) is 0 Å². The molecular weight excluding hydrogens is 194 g/mol. The van der Waals surface area contributed by atoms with Crippen molar-refractivity contribution in [3.63, 3.8) is 0 Å². The van der Waals surface area contributed by atoms with Gasteiger partial charge in [-0.1, -0.05) is 6.07 Å². The molecule has 0 aliphatic heterocycles. The van der Waals surface area contributed by atoms with E-state index >= 15 is 0 Å². The molecule has 0 saturated heterocycles. The zero-order valence-electron chi connectivity index (χ0n) is 9.08. The second-order valence-electron chi connectivity index (χ2n) is 4.50. The Morgan fingerprint density at radius 3 is 2.71 bits per heavy atom. The highest BCUT2D eigenvalue weighted by molar-refractivity contribution is 7.10. The van der Waals surface area contributed by atoms with E-state index in [2.05, 4.69) is 26.1 Å². The van der Waals surface area contributed by atoms with Crippen molar-refractivity contribution in [3.8, 4) is 0 Å². The van der Waals surface area contributed by atoms with Gasteiger partial charge in [-0.2, -0.15) is 0 Å². The minimum absolute atomic E-state index is 0.134. The van der Waals surface area contributed by atoms with Crippen LogP contribution in [0.2, 0.25) is 0 Å². The Bertz CT molecular complexity index is 251. The molecule has 0 fully saturated rings. The molecule has 0 aromatic carbocycles. The summed E-state index contributed by atoms with van der Waals surface area (Å²) in [5.41, 5.74) is 0.134. The summed E-state index contributed by atoms with van der Waals surface area (Å²) in [7, 11) is 0. The zero-order valence-corrected chi connectivity index (χ0v) is 9.90. The largest absolute Gasteiger partial charge is 0.388 e. The van der Waals surface area contributed by atoms with Gasteiger partial charge < -0.3 is 10.4 Å². The Labute approximate surface area is 90.0 Å². The zero-order chi connectivity index (χ0) is 10.6. The second-order valence-corrected chi connectivity index (χ2v) is 5.48. The van der Waals surface area contributed by atoms with Crippen LogP contribution in [0.5, 0.6) is 0 Å². The van der Waals surface area contributed by atoms with Gasteiger partial charge in [-0.15, -0.1) is 11.3 Å². The Kier molecular flexibility index (Phi) is 4.11. The normalized spacial score (nSPS) is 14.3. The van der Waals surface area contributed by atoms with Crippen LogP contribution in [-0.2, 0) is 0 Å². The molecule has 80 valence electrons. The van der Waals surface area contributed by atoms with Crippen molar-refractivity contribution in [2.24, 2.45) is 0 Å². The summed E-state index contributed by atoms with van der Waals surface area (Å²) in [5, 5.41) is 15.1. The molecule has 3 heteroatoms. The van der Waals surface area contributed by atoms with Crippen molar-refractivity contribution in [2.75, 3.05) is 6.54 Å². The Morgan fingerprint density at radius 1 is 1.50 bits per heavy atom. The van der Waals surface area contributed by atoms with Crippen LogP contribution in [0.15, 0.2) is 17.5 Å². The molecule has 1 atom stereocenters. The lowest BCUT2D eigenvalue weighted by Gasteiger charge is -2.21. The molecule has 1 heterocycles. The van der Waals surface area contributed by atoms with E-state index in [-0.39, 0.29) is 11.6 Å². The number of hydrogen-bond donors (Lipinski definition) is 2. The molecular formula is C11H19NOS. The van der Waals surface area contributed by atoms with Crippen LogP contribution in [0.25, 0.3) is 0 Å². The first kappa shape index (κ1) is 11.7. The van der Waals surface area contributed by atoms with E-state index in [0.29, 0.717) is 0 Å². The van der Waals surface area contributed by atoms with Crippen molar-refractivity contribution in [3.05, 3.63) is 22.4 Å². The maximum Gasteiger partial charge on any atom is 0.0894 e. The van der Waals surface area contributed by atoms with E-state index in [1.807, 2.05) is 17.5 Å². The molecule has 0 aliphatic rings. The number of thiophene rings is 1. The molecule has 2 nitrogen and oxygen atoms in total. The third-order valence-electron chi connectivity index (χ3n) is 1.94. The van der Waals surface area contributed by atoms with Crippen molar-refractivity contribution in [1.82, 2.24) is 5.32 Å². The van der Waals surface area contributed by atoms with Gasteiger partial charge in [0.15, 0.2) is 0 Å². The maximum absolute atomic E-state index is 9.78. The van der Waals surface area contributed by atoms with Gasteiger partial charge in [-0.05, 0) is 45.2 Å². The topological polar surface area (TPSA) is 32.3 Å². The van der Waals surface area contributed by atoms with Crippen LogP contribution >= 0.6 is 11.3 Å². The quantitative estimate of drug-likeness (QED) is 0.805. The highest BCUT2D eigenvalue weighted by Crippen LogP contribution is 2.21. The van der Waals surface area contributed by atoms with E-state index in [1.54, 1.807) is 11.3 Å². The monoisotopic (exact) mass is 213 g/mol. The average Bonchev–Trinajstić information content (AvgIpc) is 2.53. The van der Waals surface area contributed by atoms with Gasteiger partial charge in [-0.25, -0.2) is 0 Å². The van der Waals surface area contributed by atoms with Crippen LogP contribution in [-0.4, -0.2) is 17.2 Å². The van der Waals surface area contributed by atoms with Crippen LogP contribution in [0, 0.1) is 0 Å². The molecule has 14 heavy (non-hydrogen) atoms. The summed E-state index contributed by atoms with van der Waals surface area (Å²) in [6, 6.07) is 3.95. The van der Waals surface area contributed by atoms with Crippen molar-refractivity contribution in [2.45, 2.75) is 38.8 Å². The van der Waals surface area contributed by atoms with Crippen LogP contribution in [0.1, 0.15) is 38.2 Å². The molecule has 0 spiro atoms. The first-order valence-corrected chi connectivity index (χ1v) is 5.83. The van der Waals surface area contributed by atoms with Gasteiger partial charge in [0, 0.05) is 10.4 Å². The fourth-order valence-electron chi connectivity index (χ4n) is 1.21. The Morgan fingerprint density at radius 2 is 2.21 bits per heavy atom. The van der Waals surface area contributed by atoms with Crippen molar-refractivity contribution in [1.29, 1.82) is 0 Å². The van der Waals surface area contributed by atoms with Crippen molar-refractivity contribution < 1.29 is 5.11 Å². The first-order chi connectivity index (χ1) is 6.49. The summed E-state index contributed by atoms with van der Waals surface area (Å²) in [6.45, 7) is 7.24. The summed E-state index contributed by atoms with van der Waals surface area (Å²) >= 11 is 1.61. The number of aliphatic hydroxyl groups is 1. The highest BCUT2D eigenvalue weighted by atomic mass is 32.1. The number of nitrogens with one attached hydrogen (secondary N) is 1. The lowest BCUT2D eigenvalue weighted by atomic mass is 10.1. The first-order valence-electron chi connectivity index (χ1n) is 4.95. The van der Waals surface area contributed by atoms with Gasteiger partial charge in [0.05, 0.1) is 6.10 Å². The number of rotatable bonds is 4. The average molecular weight is 213 g/mol. The minimum Gasteiger partial charge on any atom is -0.388 e. The highest BCUT2D eigenvalue weighted by Gasteiger charge is 2.11. The molecule has 0 saturated carbocycles. The van der Waals surface area contributed by atoms with E-state index in [0.717, 1.165) is 17.8 Å². The third kappa shape index (κ3) is 4.22. The van der Waals surface area contributed by atoms with Crippen molar-refractivity contribution >= 4 is 11.3 Å². The smallest absolute Gasteiger partial charge is 0.0894 e. The fraction of sp³-hybridized carbons (Fsp3) is 0.636.